The summed E-state index contributed by atoms with van der Waals surface area (Å²) in [5.74, 6) is 1.75. The van der Waals surface area contributed by atoms with Gasteiger partial charge in [-0.25, -0.2) is 0 Å². The minimum atomic E-state index is 0.107. The zero-order chi connectivity index (χ0) is 18.5. The predicted octanol–water partition coefficient (Wildman–Crippen LogP) is 3.23. The van der Waals surface area contributed by atoms with Gasteiger partial charge in [0, 0.05) is 50.0 Å². The van der Waals surface area contributed by atoms with Gasteiger partial charge in [-0.3, -0.25) is 9.69 Å². The van der Waals surface area contributed by atoms with Crippen LogP contribution in [0.2, 0.25) is 0 Å². The monoisotopic (exact) mass is 354 g/mol. The third kappa shape index (κ3) is 4.35. The topological polar surface area (TPSA) is 42.0 Å². The lowest BCUT2D eigenvalue weighted by molar-refractivity contribution is 0.101. The highest BCUT2D eigenvalue weighted by molar-refractivity contribution is 5.94. The molecule has 3 rings (SSSR count). The number of hydrogen-bond donors (Lipinski definition) is 0. The van der Waals surface area contributed by atoms with Crippen molar-refractivity contribution in [1.82, 2.24) is 4.90 Å². The van der Waals surface area contributed by atoms with Crippen LogP contribution in [0.15, 0.2) is 42.5 Å². The van der Waals surface area contributed by atoms with Gasteiger partial charge in [-0.15, -0.1) is 0 Å². The first kappa shape index (κ1) is 18.3. The van der Waals surface area contributed by atoms with Gasteiger partial charge in [-0.2, -0.15) is 0 Å². The molecule has 0 aliphatic carbocycles. The number of ketones is 1. The smallest absolute Gasteiger partial charge is 0.159 e. The first-order chi connectivity index (χ1) is 12.6. The number of Topliss-reactive ketones (excluding diaryl/α,β-unsaturated/α-hetero) is 1. The lowest BCUT2D eigenvalue weighted by Gasteiger charge is -2.36. The number of ether oxygens (including phenoxy) is 2. The summed E-state index contributed by atoms with van der Waals surface area (Å²) in [4.78, 5) is 16.2. The van der Waals surface area contributed by atoms with E-state index in [0.29, 0.717) is 0 Å². The van der Waals surface area contributed by atoms with Crippen molar-refractivity contribution >= 4 is 11.5 Å². The minimum Gasteiger partial charge on any atom is -0.497 e. The van der Waals surface area contributed by atoms with Crippen LogP contribution in [-0.4, -0.2) is 51.1 Å². The second-order valence-electron chi connectivity index (χ2n) is 6.59. The molecule has 1 fully saturated rings. The maximum atomic E-state index is 11.4. The quantitative estimate of drug-likeness (QED) is 0.745. The van der Waals surface area contributed by atoms with Crippen LogP contribution in [-0.2, 0) is 6.54 Å². The van der Waals surface area contributed by atoms with Gasteiger partial charge < -0.3 is 14.4 Å². The van der Waals surface area contributed by atoms with Gasteiger partial charge in [-0.05, 0) is 48.9 Å². The summed E-state index contributed by atoms with van der Waals surface area (Å²) in [7, 11) is 3.35. The van der Waals surface area contributed by atoms with Crippen molar-refractivity contribution in [2.75, 3.05) is 45.3 Å². The van der Waals surface area contributed by atoms with Crippen molar-refractivity contribution in [3.05, 3.63) is 53.6 Å². The molecule has 2 aromatic carbocycles. The summed E-state index contributed by atoms with van der Waals surface area (Å²) in [6, 6.07) is 13.9. The Labute approximate surface area is 155 Å². The first-order valence-electron chi connectivity index (χ1n) is 8.89. The van der Waals surface area contributed by atoms with Gasteiger partial charge in [0.2, 0.25) is 0 Å². The van der Waals surface area contributed by atoms with Crippen molar-refractivity contribution in [3.63, 3.8) is 0 Å². The molecular weight excluding hydrogens is 328 g/mol. The third-order valence-electron chi connectivity index (χ3n) is 4.83. The van der Waals surface area contributed by atoms with Crippen molar-refractivity contribution in [2.24, 2.45) is 0 Å². The molecule has 0 saturated carbocycles. The van der Waals surface area contributed by atoms with Crippen LogP contribution in [0.3, 0.4) is 0 Å². The number of anilines is 1. The fourth-order valence-corrected chi connectivity index (χ4v) is 3.29. The minimum absolute atomic E-state index is 0.107. The van der Waals surface area contributed by atoms with Gasteiger partial charge in [-0.1, -0.05) is 0 Å². The Morgan fingerprint density at radius 1 is 0.923 bits per heavy atom. The van der Waals surface area contributed by atoms with Gasteiger partial charge in [0.1, 0.15) is 11.5 Å². The number of carbonyl (C=O) groups is 1. The molecule has 0 amide bonds. The molecule has 0 atom stereocenters. The molecule has 0 N–H and O–H groups in total. The second-order valence-corrected chi connectivity index (χ2v) is 6.59. The molecular formula is C21H26N2O3. The number of nitrogens with zero attached hydrogens (tertiary/aromatic N) is 2. The van der Waals surface area contributed by atoms with Gasteiger partial charge >= 0.3 is 0 Å². The van der Waals surface area contributed by atoms with Gasteiger partial charge in [0.05, 0.1) is 14.2 Å². The number of rotatable bonds is 6. The molecule has 0 bridgehead atoms. The highest BCUT2D eigenvalue weighted by atomic mass is 16.5. The molecule has 1 aliphatic heterocycles. The SMILES string of the molecule is COc1cc(CN2CCN(c3ccc(C(C)=O)cc3)CC2)cc(OC)c1. The van der Waals surface area contributed by atoms with E-state index in [1.165, 1.54) is 11.3 Å². The largest absolute Gasteiger partial charge is 0.497 e. The van der Waals surface area contributed by atoms with Gasteiger partial charge in [0.15, 0.2) is 5.78 Å². The Morgan fingerprint density at radius 2 is 1.50 bits per heavy atom. The third-order valence-corrected chi connectivity index (χ3v) is 4.83. The molecule has 138 valence electrons. The van der Waals surface area contributed by atoms with Crippen LogP contribution >= 0.6 is 0 Å². The highest BCUT2D eigenvalue weighted by Crippen LogP contribution is 2.24. The molecule has 26 heavy (non-hydrogen) atoms. The molecule has 2 aromatic rings. The Hall–Kier alpha value is -2.53. The fourth-order valence-electron chi connectivity index (χ4n) is 3.29. The normalized spacial score (nSPS) is 15.0. The zero-order valence-electron chi connectivity index (χ0n) is 15.7. The van der Waals surface area contributed by atoms with Crippen molar-refractivity contribution in [2.45, 2.75) is 13.5 Å². The second kappa shape index (κ2) is 8.23. The van der Waals surface area contributed by atoms with E-state index < -0.39 is 0 Å². The number of piperazine rings is 1. The molecule has 0 radical (unpaired) electrons. The van der Waals surface area contributed by atoms with Crippen molar-refractivity contribution in [3.8, 4) is 11.5 Å². The summed E-state index contributed by atoms with van der Waals surface area (Å²) in [6.07, 6.45) is 0. The van der Waals surface area contributed by atoms with Crippen LogP contribution < -0.4 is 14.4 Å². The number of methoxy groups -OCH3 is 2. The molecule has 5 nitrogen and oxygen atoms in total. The maximum absolute atomic E-state index is 11.4. The molecule has 1 heterocycles. The molecule has 0 spiro atoms. The standard InChI is InChI=1S/C21H26N2O3/c1-16(24)18-4-6-19(7-5-18)23-10-8-22(9-11-23)15-17-12-20(25-2)14-21(13-17)26-3/h4-7,12-14H,8-11,15H2,1-3H3. The Balaban J connectivity index is 1.59. The zero-order valence-corrected chi connectivity index (χ0v) is 15.7. The fraction of sp³-hybridized carbons (Fsp3) is 0.381. The summed E-state index contributed by atoms with van der Waals surface area (Å²) in [5.41, 5.74) is 3.14. The molecule has 0 unspecified atom stereocenters. The summed E-state index contributed by atoms with van der Waals surface area (Å²) in [6.45, 7) is 6.41. The van der Waals surface area contributed by atoms with Crippen LogP contribution in [0.4, 0.5) is 5.69 Å². The highest BCUT2D eigenvalue weighted by Gasteiger charge is 2.18. The first-order valence-corrected chi connectivity index (χ1v) is 8.89. The average Bonchev–Trinajstić information content (AvgIpc) is 2.68. The number of benzene rings is 2. The summed E-state index contributed by atoms with van der Waals surface area (Å²) in [5, 5.41) is 0. The van der Waals surface area contributed by atoms with Crippen LogP contribution in [0.5, 0.6) is 11.5 Å². The van der Waals surface area contributed by atoms with E-state index in [2.05, 4.69) is 21.9 Å². The van der Waals surface area contributed by atoms with Crippen LogP contribution in [0.1, 0.15) is 22.8 Å². The molecule has 1 saturated heterocycles. The van der Waals surface area contributed by atoms with Crippen LogP contribution in [0.25, 0.3) is 0 Å². The number of hydrogen-bond acceptors (Lipinski definition) is 5. The average molecular weight is 354 g/mol. The predicted molar refractivity (Wildman–Crippen MR) is 103 cm³/mol. The lowest BCUT2D eigenvalue weighted by atomic mass is 10.1. The van der Waals surface area contributed by atoms with Crippen molar-refractivity contribution < 1.29 is 14.3 Å². The number of carbonyl (C=O) groups excluding carboxylic acids is 1. The Morgan fingerprint density at radius 3 is 2.00 bits per heavy atom. The van der Waals surface area contributed by atoms with E-state index in [9.17, 15) is 4.79 Å². The van der Waals surface area contributed by atoms with Crippen molar-refractivity contribution in [1.29, 1.82) is 0 Å². The van der Waals surface area contributed by atoms with E-state index in [0.717, 1.165) is 49.8 Å². The van der Waals surface area contributed by atoms with E-state index in [-0.39, 0.29) is 5.78 Å². The molecule has 0 aromatic heterocycles. The van der Waals surface area contributed by atoms with E-state index in [1.54, 1.807) is 21.1 Å². The van der Waals surface area contributed by atoms with E-state index in [4.69, 9.17) is 9.47 Å². The maximum Gasteiger partial charge on any atom is 0.159 e. The van der Waals surface area contributed by atoms with E-state index >= 15 is 0 Å². The Bertz CT molecular complexity index is 728. The van der Waals surface area contributed by atoms with E-state index in [1.807, 2.05) is 30.3 Å². The molecule has 1 aliphatic rings. The Kier molecular flexibility index (Phi) is 5.78. The van der Waals surface area contributed by atoms with Gasteiger partial charge in [0.25, 0.3) is 0 Å². The lowest BCUT2D eigenvalue weighted by Crippen LogP contribution is -2.45. The summed E-state index contributed by atoms with van der Waals surface area (Å²) < 4.78 is 10.7. The molecule has 5 heteroatoms. The summed E-state index contributed by atoms with van der Waals surface area (Å²) >= 11 is 0. The van der Waals surface area contributed by atoms with Crippen LogP contribution in [0, 0.1) is 0 Å².